The van der Waals surface area contributed by atoms with E-state index in [1.807, 2.05) is 30.3 Å². The van der Waals surface area contributed by atoms with Crippen molar-refractivity contribution in [3.05, 3.63) is 46.5 Å². The van der Waals surface area contributed by atoms with E-state index < -0.39 is 0 Å². The Balaban J connectivity index is 1.34. The molecule has 3 N–H and O–H groups in total. The number of aromatic nitrogens is 7. The fourth-order valence-corrected chi connectivity index (χ4v) is 4.57. The number of aromatic amines is 1. The predicted molar refractivity (Wildman–Crippen MR) is 138 cm³/mol. The first-order valence-electron chi connectivity index (χ1n) is 11.8. The van der Waals surface area contributed by atoms with Crippen LogP contribution in [-0.4, -0.2) is 74.5 Å². The van der Waals surface area contributed by atoms with Crippen LogP contribution in [0.3, 0.4) is 0 Å². The molecule has 1 aliphatic rings. The van der Waals surface area contributed by atoms with Gasteiger partial charge in [-0.15, -0.1) is 10.2 Å². The minimum absolute atomic E-state index is 0.304. The van der Waals surface area contributed by atoms with E-state index in [1.165, 1.54) is 11.3 Å². The number of thiazole rings is 1. The maximum absolute atomic E-state index is 12.2. The maximum Gasteiger partial charge on any atom is 0.350 e. The Bertz CT molecular complexity index is 1340. The molecule has 0 saturated carbocycles. The fourth-order valence-electron chi connectivity index (χ4n) is 3.72. The molecular formula is C23H26N10O3S. The van der Waals surface area contributed by atoms with Gasteiger partial charge in [-0.3, -0.25) is 5.32 Å². The molecule has 0 unspecified atom stereocenters. The predicted octanol–water partition coefficient (Wildman–Crippen LogP) is 2.79. The summed E-state index contributed by atoms with van der Waals surface area (Å²) in [4.78, 5) is 28.6. The Morgan fingerprint density at radius 2 is 2.00 bits per heavy atom. The van der Waals surface area contributed by atoms with Crippen LogP contribution in [-0.2, 0) is 16.0 Å². The molecule has 192 valence electrons. The second-order valence-corrected chi connectivity index (χ2v) is 9.10. The van der Waals surface area contributed by atoms with E-state index in [1.54, 1.807) is 13.8 Å². The zero-order valence-electron chi connectivity index (χ0n) is 20.4. The van der Waals surface area contributed by atoms with Gasteiger partial charge >= 0.3 is 5.97 Å². The van der Waals surface area contributed by atoms with Crippen LogP contribution >= 0.6 is 11.3 Å². The van der Waals surface area contributed by atoms with Crippen LogP contribution in [0.2, 0.25) is 0 Å². The van der Waals surface area contributed by atoms with Gasteiger partial charge in [0.05, 0.1) is 25.5 Å². The lowest BCUT2D eigenvalue weighted by atomic mass is 10.1. The van der Waals surface area contributed by atoms with Crippen molar-refractivity contribution in [1.82, 2.24) is 35.6 Å². The first-order valence-corrected chi connectivity index (χ1v) is 12.6. The highest BCUT2D eigenvalue weighted by Gasteiger charge is 2.19. The molecule has 37 heavy (non-hydrogen) atoms. The SMILES string of the molecule is CCOC(=O)c1sc(Nc2nc(NCc3ccc(-c4nn[nH]n4)cc3)cc(N3CCOCC3)n2)nc1C. The zero-order chi connectivity index (χ0) is 25.6. The number of morpholine rings is 1. The molecule has 1 saturated heterocycles. The molecule has 4 aromatic rings. The largest absolute Gasteiger partial charge is 0.462 e. The van der Waals surface area contributed by atoms with Crippen LogP contribution in [0.15, 0.2) is 30.3 Å². The van der Waals surface area contributed by atoms with Gasteiger partial charge in [0.2, 0.25) is 11.8 Å². The molecule has 0 bridgehead atoms. The molecule has 0 radical (unpaired) electrons. The van der Waals surface area contributed by atoms with E-state index >= 15 is 0 Å². The third-order valence-corrected chi connectivity index (χ3v) is 6.61. The van der Waals surface area contributed by atoms with Crippen LogP contribution in [0.25, 0.3) is 11.4 Å². The molecule has 0 aliphatic carbocycles. The summed E-state index contributed by atoms with van der Waals surface area (Å²) in [5, 5.41) is 21.1. The van der Waals surface area contributed by atoms with E-state index in [0.717, 1.165) is 30.0 Å². The smallest absolute Gasteiger partial charge is 0.350 e. The maximum atomic E-state index is 12.2. The van der Waals surface area contributed by atoms with Crippen molar-refractivity contribution in [1.29, 1.82) is 0 Å². The molecule has 0 amide bonds. The molecule has 4 heterocycles. The fraction of sp³-hybridized carbons (Fsp3) is 0.348. The van der Waals surface area contributed by atoms with Crippen molar-refractivity contribution in [2.45, 2.75) is 20.4 Å². The Kier molecular flexibility index (Phi) is 7.46. The van der Waals surface area contributed by atoms with E-state index in [0.29, 0.717) is 59.7 Å². The highest BCUT2D eigenvalue weighted by molar-refractivity contribution is 7.17. The highest BCUT2D eigenvalue weighted by Crippen LogP contribution is 2.27. The molecule has 3 aromatic heterocycles. The summed E-state index contributed by atoms with van der Waals surface area (Å²) in [5.74, 6) is 1.96. The number of aryl methyl sites for hydroxylation is 1. The summed E-state index contributed by atoms with van der Waals surface area (Å²) in [6.45, 7) is 7.14. The number of hydrogen-bond acceptors (Lipinski definition) is 13. The number of carbonyl (C=O) groups is 1. The van der Waals surface area contributed by atoms with Gasteiger partial charge < -0.3 is 19.7 Å². The van der Waals surface area contributed by atoms with Gasteiger partial charge in [-0.1, -0.05) is 35.6 Å². The summed E-state index contributed by atoms with van der Waals surface area (Å²) >= 11 is 1.21. The summed E-state index contributed by atoms with van der Waals surface area (Å²) in [6, 6.07) is 9.80. The molecule has 1 aromatic carbocycles. The zero-order valence-corrected chi connectivity index (χ0v) is 21.2. The van der Waals surface area contributed by atoms with Crippen molar-refractivity contribution in [2.24, 2.45) is 0 Å². The number of ether oxygens (including phenoxy) is 2. The third kappa shape index (κ3) is 5.98. The van der Waals surface area contributed by atoms with Crippen molar-refractivity contribution >= 4 is 40.0 Å². The molecule has 0 atom stereocenters. The van der Waals surface area contributed by atoms with E-state index in [-0.39, 0.29) is 5.97 Å². The number of tetrazole rings is 1. The van der Waals surface area contributed by atoms with E-state index in [4.69, 9.17) is 14.5 Å². The van der Waals surface area contributed by atoms with Crippen LogP contribution in [0.5, 0.6) is 0 Å². The number of nitrogens with one attached hydrogen (secondary N) is 3. The van der Waals surface area contributed by atoms with Gasteiger partial charge in [0.15, 0.2) is 5.13 Å². The van der Waals surface area contributed by atoms with Crippen molar-refractivity contribution < 1.29 is 14.3 Å². The topological polar surface area (TPSA) is 156 Å². The monoisotopic (exact) mass is 522 g/mol. The molecule has 5 rings (SSSR count). The lowest BCUT2D eigenvalue weighted by molar-refractivity contribution is 0.0531. The molecule has 1 fully saturated rings. The normalized spacial score (nSPS) is 13.4. The van der Waals surface area contributed by atoms with Crippen LogP contribution in [0.1, 0.15) is 27.9 Å². The minimum Gasteiger partial charge on any atom is -0.462 e. The second kappa shape index (κ2) is 11.3. The molecule has 0 spiro atoms. The first kappa shape index (κ1) is 24.5. The Morgan fingerprint density at radius 1 is 1.19 bits per heavy atom. The number of H-pyrrole nitrogens is 1. The molecular weight excluding hydrogens is 496 g/mol. The Morgan fingerprint density at radius 3 is 2.73 bits per heavy atom. The average Bonchev–Trinajstić information content (AvgIpc) is 3.58. The van der Waals surface area contributed by atoms with E-state index in [2.05, 4.69) is 46.1 Å². The average molecular weight is 523 g/mol. The summed E-state index contributed by atoms with van der Waals surface area (Å²) in [5.41, 5.74) is 2.53. The number of hydrogen-bond donors (Lipinski definition) is 3. The van der Waals surface area contributed by atoms with E-state index in [9.17, 15) is 4.79 Å². The van der Waals surface area contributed by atoms with Crippen LogP contribution in [0.4, 0.5) is 22.7 Å². The highest BCUT2D eigenvalue weighted by atomic mass is 32.1. The van der Waals surface area contributed by atoms with Gasteiger partial charge in [-0.2, -0.15) is 15.2 Å². The summed E-state index contributed by atoms with van der Waals surface area (Å²) in [6.07, 6.45) is 0. The summed E-state index contributed by atoms with van der Waals surface area (Å²) in [7, 11) is 0. The minimum atomic E-state index is -0.388. The number of nitrogens with zero attached hydrogens (tertiary/aromatic N) is 7. The van der Waals surface area contributed by atoms with Crippen LogP contribution in [0, 0.1) is 6.92 Å². The van der Waals surface area contributed by atoms with Crippen molar-refractivity contribution in [2.75, 3.05) is 48.4 Å². The standard InChI is InChI=1S/C23H26N10O3S/c1-3-36-21(34)19-14(2)25-23(37-19)28-22-26-17(12-18(27-22)33-8-10-35-11-9-33)24-13-15-4-6-16(7-5-15)20-29-31-32-30-20/h4-7,12H,3,8-11,13H2,1-2H3,(H,29,30,31,32)(H2,24,25,26,27,28). The lowest BCUT2D eigenvalue weighted by Gasteiger charge is -2.28. The van der Waals surface area contributed by atoms with Crippen molar-refractivity contribution in [3.63, 3.8) is 0 Å². The van der Waals surface area contributed by atoms with Gasteiger partial charge in [0, 0.05) is 31.3 Å². The Hall–Kier alpha value is -4.17. The summed E-state index contributed by atoms with van der Waals surface area (Å²) < 4.78 is 10.6. The first-order chi connectivity index (χ1) is 18.1. The molecule has 1 aliphatic heterocycles. The number of benzene rings is 1. The molecule has 13 nitrogen and oxygen atoms in total. The second-order valence-electron chi connectivity index (χ2n) is 8.10. The van der Waals surface area contributed by atoms with Gasteiger partial charge in [0.25, 0.3) is 0 Å². The van der Waals surface area contributed by atoms with Gasteiger partial charge in [-0.05, 0) is 24.6 Å². The number of esters is 1. The lowest BCUT2D eigenvalue weighted by Crippen LogP contribution is -2.36. The van der Waals surface area contributed by atoms with Crippen LogP contribution < -0.4 is 15.5 Å². The van der Waals surface area contributed by atoms with Gasteiger partial charge in [-0.25, -0.2) is 9.78 Å². The third-order valence-electron chi connectivity index (χ3n) is 5.55. The Labute approximate surface area is 216 Å². The number of anilines is 4. The molecule has 14 heteroatoms. The number of rotatable bonds is 9. The number of carbonyl (C=O) groups excluding carboxylic acids is 1. The van der Waals surface area contributed by atoms with Gasteiger partial charge in [0.1, 0.15) is 16.5 Å². The quantitative estimate of drug-likeness (QED) is 0.277. The van der Waals surface area contributed by atoms with Crippen molar-refractivity contribution in [3.8, 4) is 11.4 Å².